The van der Waals surface area contributed by atoms with Crippen LogP contribution in [-0.4, -0.2) is 0 Å². The van der Waals surface area contributed by atoms with Gasteiger partial charge in [-0.3, -0.25) is 11.3 Å². The summed E-state index contributed by atoms with van der Waals surface area (Å²) in [7, 11) is 0. The first-order valence-electron chi connectivity index (χ1n) is 6.93. The van der Waals surface area contributed by atoms with Crippen molar-refractivity contribution < 1.29 is 8.78 Å². The van der Waals surface area contributed by atoms with Gasteiger partial charge in [0.25, 0.3) is 0 Å². The van der Waals surface area contributed by atoms with E-state index in [0.717, 1.165) is 25.3 Å². The van der Waals surface area contributed by atoms with Crippen molar-refractivity contribution in [1.29, 1.82) is 0 Å². The lowest BCUT2D eigenvalue weighted by atomic mass is 9.72. The van der Waals surface area contributed by atoms with E-state index in [9.17, 15) is 8.78 Å². The summed E-state index contributed by atoms with van der Waals surface area (Å²) >= 11 is 0. The number of hydrazine groups is 1. The third-order valence-electron chi connectivity index (χ3n) is 4.53. The molecule has 4 heteroatoms. The lowest BCUT2D eigenvalue weighted by Gasteiger charge is -2.36. The lowest BCUT2D eigenvalue weighted by molar-refractivity contribution is 0.171. The predicted molar refractivity (Wildman–Crippen MR) is 72.1 cm³/mol. The van der Waals surface area contributed by atoms with Gasteiger partial charge in [0.1, 0.15) is 11.6 Å². The van der Waals surface area contributed by atoms with Gasteiger partial charge in [0.2, 0.25) is 0 Å². The minimum atomic E-state index is -0.549. The molecule has 0 aromatic heterocycles. The average Bonchev–Trinajstić information content (AvgIpc) is 2.33. The van der Waals surface area contributed by atoms with Crippen LogP contribution in [0.2, 0.25) is 0 Å². The van der Waals surface area contributed by atoms with Crippen LogP contribution in [0.3, 0.4) is 0 Å². The van der Waals surface area contributed by atoms with E-state index in [1.54, 1.807) is 0 Å². The minimum Gasteiger partial charge on any atom is -0.271 e. The maximum Gasteiger partial charge on any atom is 0.126 e. The Bertz CT molecular complexity index is 416. The Morgan fingerprint density at radius 2 is 1.74 bits per heavy atom. The molecule has 0 amide bonds. The van der Waals surface area contributed by atoms with Gasteiger partial charge in [-0.2, -0.15) is 0 Å². The van der Waals surface area contributed by atoms with Crippen LogP contribution in [0.15, 0.2) is 18.2 Å². The van der Waals surface area contributed by atoms with Gasteiger partial charge >= 0.3 is 0 Å². The topological polar surface area (TPSA) is 38.0 Å². The van der Waals surface area contributed by atoms with Gasteiger partial charge in [-0.25, -0.2) is 8.78 Å². The molecule has 1 aromatic carbocycles. The van der Waals surface area contributed by atoms with Crippen molar-refractivity contribution in [3.8, 4) is 0 Å². The number of halogens is 2. The van der Waals surface area contributed by atoms with Crippen molar-refractivity contribution in [2.75, 3.05) is 0 Å². The van der Waals surface area contributed by atoms with Crippen molar-refractivity contribution in [2.24, 2.45) is 23.6 Å². The normalized spacial score (nSPS) is 29.2. The Hall–Kier alpha value is -1.00. The van der Waals surface area contributed by atoms with Crippen LogP contribution in [0, 0.1) is 29.4 Å². The van der Waals surface area contributed by atoms with Crippen molar-refractivity contribution in [3.63, 3.8) is 0 Å². The molecule has 0 radical (unpaired) electrons. The molecule has 0 aliphatic heterocycles. The van der Waals surface area contributed by atoms with Crippen LogP contribution in [0.5, 0.6) is 0 Å². The molecule has 0 bridgehead atoms. The number of hydrogen-bond donors (Lipinski definition) is 2. The third kappa shape index (κ3) is 3.31. The van der Waals surface area contributed by atoms with Crippen LogP contribution in [0.4, 0.5) is 8.78 Å². The van der Waals surface area contributed by atoms with Crippen LogP contribution < -0.4 is 11.3 Å². The number of hydrogen-bond acceptors (Lipinski definition) is 2. The highest BCUT2D eigenvalue weighted by Gasteiger charge is 2.30. The van der Waals surface area contributed by atoms with Crippen LogP contribution in [0.1, 0.15) is 44.7 Å². The van der Waals surface area contributed by atoms with Crippen molar-refractivity contribution in [3.05, 3.63) is 35.4 Å². The standard InChI is InChI=1S/C15H22F2N2/c1-9-3-4-11(5-10(9)2)15(19-18)12-6-13(16)8-14(17)7-12/h6-11,15,19H,3-5,18H2,1-2H3. The van der Waals surface area contributed by atoms with Gasteiger partial charge < -0.3 is 0 Å². The first-order chi connectivity index (χ1) is 9.01. The summed E-state index contributed by atoms with van der Waals surface area (Å²) in [5, 5.41) is 0. The van der Waals surface area contributed by atoms with Gasteiger partial charge in [-0.05, 0) is 48.3 Å². The molecule has 1 aliphatic rings. The number of nitrogens with one attached hydrogen (secondary N) is 1. The number of rotatable bonds is 3. The number of nitrogens with two attached hydrogens (primary N) is 1. The minimum absolute atomic E-state index is 0.180. The monoisotopic (exact) mass is 268 g/mol. The Balaban J connectivity index is 2.19. The van der Waals surface area contributed by atoms with Gasteiger partial charge in [0.05, 0.1) is 0 Å². The summed E-state index contributed by atoms with van der Waals surface area (Å²) in [4.78, 5) is 0. The highest BCUT2D eigenvalue weighted by atomic mass is 19.1. The maximum atomic E-state index is 13.3. The summed E-state index contributed by atoms with van der Waals surface area (Å²) in [5.41, 5.74) is 3.35. The molecule has 3 N–H and O–H groups in total. The first-order valence-corrected chi connectivity index (χ1v) is 6.93. The molecule has 0 spiro atoms. The van der Waals surface area contributed by atoms with Crippen LogP contribution >= 0.6 is 0 Å². The molecule has 0 saturated heterocycles. The third-order valence-corrected chi connectivity index (χ3v) is 4.53. The fourth-order valence-corrected chi connectivity index (χ4v) is 3.15. The van der Waals surface area contributed by atoms with Crippen molar-refractivity contribution in [1.82, 2.24) is 5.43 Å². The smallest absolute Gasteiger partial charge is 0.126 e. The Morgan fingerprint density at radius 1 is 1.11 bits per heavy atom. The molecular weight excluding hydrogens is 246 g/mol. The molecule has 4 atom stereocenters. The van der Waals surface area contributed by atoms with Gasteiger partial charge in [-0.1, -0.05) is 20.3 Å². The summed E-state index contributed by atoms with van der Waals surface area (Å²) in [5.74, 6) is 6.18. The lowest BCUT2D eigenvalue weighted by Crippen LogP contribution is -2.37. The zero-order valence-electron chi connectivity index (χ0n) is 11.5. The SMILES string of the molecule is CC1CCC(C(NN)c2cc(F)cc(F)c2)CC1C. The van der Waals surface area contributed by atoms with Gasteiger partial charge in [0.15, 0.2) is 0 Å². The predicted octanol–water partition coefficient (Wildman–Crippen LogP) is 3.54. The maximum absolute atomic E-state index is 13.3. The zero-order valence-corrected chi connectivity index (χ0v) is 11.5. The van der Waals surface area contributed by atoms with E-state index in [0.29, 0.717) is 23.3 Å². The molecule has 2 nitrogen and oxygen atoms in total. The molecular formula is C15H22F2N2. The van der Waals surface area contributed by atoms with Crippen LogP contribution in [0.25, 0.3) is 0 Å². The van der Waals surface area contributed by atoms with E-state index in [4.69, 9.17) is 5.84 Å². The average molecular weight is 268 g/mol. The summed E-state index contributed by atoms with van der Waals surface area (Å²) in [6, 6.07) is 3.45. The molecule has 2 rings (SSSR count). The zero-order chi connectivity index (χ0) is 14.0. The van der Waals surface area contributed by atoms with E-state index >= 15 is 0 Å². The Kier molecular flexibility index (Phi) is 4.53. The second kappa shape index (κ2) is 5.97. The first kappa shape index (κ1) is 14.4. The fourth-order valence-electron chi connectivity index (χ4n) is 3.15. The van der Waals surface area contributed by atoms with Gasteiger partial charge in [0, 0.05) is 12.1 Å². The number of benzene rings is 1. The largest absolute Gasteiger partial charge is 0.271 e. The molecule has 106 valence electrons. The molecule has 19 heavy (non-hydrogen) atoms. The molecule has 1 fully saturated rings. The Morgan fingerprint density at radius 3 is 2.26 bits per heavy atom. The fraction of sp³-hybridized carbons (Fsp3) is 0.600. The quantitative estimate of drug-likeness (QED) is 0.650. The summed E-state index contributed by atoms with van der Waals surface area (Å²) in [6.45, 7) is 4.49. The van der Waals surface area contributed by atoms with Crippen molar-refractivity contribution in [2.45, 2.75) is 39.2 Å². The molecule has 1 aromatic rings. The Labute approximate surface area is 113 Å². The molecule has 1 aliphatic carbocycles. The molecule has 1 saturated carbocycles. The summed E-state index contributed by atoms with van der Waals surface area (Å²) in [6.07, 6.45) is 3.22. The second-order valence-corrected chi connectivity index (χ2v) is 5.87. The second-order valence-electron chi connectivity index (χ2n) is 5.87. The van der Waals surface area contributed by atoms with Crippen molar-refractivity contribution >= 4 is 0 Å². The van der Waals surface area contributed by atoms with E-state index < -0.39 is 11.6 Å². The molecule has 4 unspecified atom stereocenters. The van der Waals surface area contributed by atoms with E-state index in [1.165, 1.54) is 12.1 Å². The van der Waals surface area contributed by atoms with E-state index in [2.05, 4.69) is 19.3 Å². The van der Waals surface area contributed by atoms with E-state index in [1.807, 2.05) is 0 Å². The molecule has 0 heterocycles. The highest BCUT2D eigenvalue weighted by Crippen LogP contribution is 2.39. The highest BCUT2D eigenvalue weighted by molar-refractivity contribution is 5.22. The van der Waals surface area contributed by atoms with Gasteiger partial charge in [-0.15, -0.1) is 0 Å². The summed E-state index contributed by atoms with van der Waals surface area (Å²) < 4.78 is 26.6. The van der Waals surface area contributed by atoms with Crippen LogP contribution in [-0.2, 0) is 0 Å². The van der Waals surface area contributed by atoms with E-state index in [-0.39, 0.29) is 6.04 Å².